The van der Waals surface area contributed by atoms with Crippen molar-refractivity contribution in [1.82, 2.24) is 15.5 Å². The largest absolute Gasteiger partial charge is 0.459 e. The first kappa shape index (κ1) is 21.2. The van der Waals surface area contributed by atoms with E-state index in [9.17, 15) is 14.4 Å². The van der Waals surface area contributed by atoms with Gasteiger partial charge in [0, 0.05) is 5.39 Å². The van der Waals surface area contributed by atoms with Crippen LogP contribution in [0.4, 0.5) is 4.79 Å². The zero-order valence-corrected chi connectivity index (χ0v) is 18.3. The van der Waals surface area contributed by atoms with Crippen molar-refractivity contribution in [2.24, 2.45) is 0 Å². The van der Waals surface area contributed by atoms with Gasteiger partial charge in [0.15, 0.2) is 0 Å². The van der Waals surface area contributed by atoms with Crippen LogP contribution in [0.2, 0.25) is 10.0 Å². The summed E-state index contributed by atoms with van der Waals surface area (Å²) in [5.41, 5.74) is -0.167. The summed E-state index contributed by atoms with van der Waals surface area (Å²) in [5.74, 6) is -0.468. The van der Waals surface area contributed by atoms with Gasteiger partial charge in [-0.3, -0.25) is 14.5 Å². The maximum absolute atomic E-state index is 13.0. The van der Waals surface area contributed by atoms with Crippen molar-refractivity contribution in [3.05, 3.63) is 69.9 Å². The minimum absolute atomic E-state index is 0.262. The predicted octanol–water partition coefficient (Wildman–Crippen LogP) is 4.38. The number of rotatable bonds is 5. The average molecular weight is 460 g/mol. The van der Waals surface area contributed by atoms with E-state index in [4.69, 9.17) is 27.6 Å². The van der Waals surface area contributed by atoms with E-state index in [0.29, 0.717) is 21.9 Å². The molecule has 1 aliphatic heterocycles. The van der Waals surface area contributed by atoms with Crippen LogP contribution in [0, 0.1) is 0 Å². The number of nitrogens with one attached hydrogen (secondary N) is 2. The van der Waals surface area contributed by atoms with E-state index in [0.717, 1.165) is 10.3 Å². The number of amides is 4. The minimum Gasteiger partial charge on any atom is -0.459 e. The first-order valence-electron chi connectivity index (χ1n) is 9.56. The average Bonchev–Trinajstić information content (AvgIpc) is 3.25. The Morgan fingerprint density at radius 2 is 1.90 bits per heavy atom. The normalized spacial score (nSPS) is 19.5. The van der Waals surface area contributed by atoms with Crippen LogP contribution < -0.4 is 10.6 Å². The number of benzene rings is 2. The van der Waals surface area contributed by atoms with Gasteiger partial charge in [0.2, 0.25) is 5.91 Å². The van der Waals surface area contributed by atoms with Crippen molar-refractivity contribution in [3.63, 3.8) is 0 Å². The summed E-state index contributed by atoms with van der Waals surface area (Å²) in [4.78, 5) is 38.9. The molecule has 31 heavy (non-hydrogen) atoms. The van der Waals surface area contributed by atoms with Gasteiger partial charge >= 0.3 is 6.03 Å². The summed E-state index contributed by atoms with van der Waals surface area (Å²) in [6.45, 7) is 2.90. The number of carbonyl (C=O) groups excluding carboxylic acids is 3. The maximum atomic E-state index is 13.0. The number of carbonyl (C=O) groups is 3. The molecule has 0 bridgehead atoms. The van der Waals surface area contributed by atoms with Gasteiger partial charge in [0.25, 0.3) is 5.91 Å². The molecule has 0 spiro atoms. The Kier molecular flexibility index (Phi) is 5.41. The lowest BCUT2D eigenvalue weighted by atomic mass is 9.92. The number of halogens is 2. The minimum atomic E-state index is -1.35. The van der Waals surface area contributed by atoms with Gasteiger partial charge in [-0.25, -0.2) is 4.79 Å². The second-order valence-electron chi connectivity index (χ2n) is 7.55. The SMILES string of the molecule is C[C@H](NC(=O)CN1C(=O)N[C@](C)(c2ccc(Cl)c(Cl)c2)C1=O)c1cc2ccccc2o1. The molecule has 0 aliphatic carbocycles. The lowest BCUT2D eigenvalue weighted by Gasteiger charge is -2.22. The lowest BCUT2D eigenvalue weighted by molar-refractivity contribution is -0.135. The molecule has 2 N–H and O–H groups in total. The Morgan fingerprint density at radius 3 is 2.61 bits per heavy atom. The summed E-state index contributed by atoms with van der Waals surface area (Å²) >= 11 is 12.0. The number of hydrogen-bond donors (Lipinski definition) is 2. The third-order valence-corrected chi connectivity index (χ3v) is 6.06. The van der Waals surface area contributed by atoms with Crippen LogP contribution >= 0.6 is 23.2 Å². The third-order valence-electron chi connectivity index (χ3n) is 5.32. The quantitative estimate of drug-likeness (QED) is 0.553. The van der Waals surface area contributed by atoms with Gasteiger partial charge in [0.1, 0.15) is 23.4 Å². The second kappa shape index (κ2) is 7.90. The fraction of sp³-hybridized carbons (Fsp3) is 0.227. The van der Waals surface area contributed by atoms with E-state index in [1.54, 1.807) is 26.0 Å². The van der Waals surface area contributed by atoms with Crippen LogP contribution in [-0.2, 0) is 15.1 Å². The molecule has 7 nitrogen and oxygen atoms in total. The first-order valence-corrected chi connectivity index (χ1v) is 10.3. The molecule has 1 aliphatic rings. The van der Waals surface area contributed by atoms with E-state index in [2.05, 4.69) is 10.6 Å². The van der Waals surface area contributed by atoms with Crippen molar-refractivity contribution < 1.29 is 18.8 Å². The molecule has 0 unspecified atom stereocenters. The van der Waals surface area contributed by atoms with Crippen molar-refractivity contribution in [1.29, 1.82) is 0 Å². The van der Waals surface area contributed by atoms with Gasteiger partial charge in [-0.1, -0.05) is 47.5 Å². The van der Waals surface area contributed by atoms with E-state index in [1.165, 1.54) is 6.07 Å². The molecule has 4 amide bonds. The van der Waals surface area contributed by atoms with Crippen molar-refractivity contribution in [2.45, 2.75) is 25.4 Å². The van der Waals surface area contributed by atoms with Crippen LogP contribution in [0.1, 0.15) is 31.2 Å². The number of para-hydroxylation sites is 1. The molecule has 160 valence electrons. The molecule has 2 heterocycles. The monoisotopic (exact) mass is 459 g/mol. The van der Waals surface area contributed by atoms with E-state index in [-0.39, 0.29) is 5.02 Å². The predicted molar refractivity (Wildman–Crippen MR) is 117 cm³/mol. The van der Waals surface area contributed by atoms with Crippen molar-refractivity contribution in [2.75, 3.05) is 6.54 Å². The number of urea groups is 1. The Hall–Kier alpha value is -3.03. The summed E-state index contributed by atoms with van der Waals surface area (Å²) in [6.07, 6.45) is 0. The van der Waals surface area contributed by atoms with Crippen LogP contribution in [0.15, 0.2) is 52.9 Å². The number of fused-ring (bicyclic) bond motifs is 1. The van der Waals surface area contributed by atoms with E-state index >= 15 is 0 Å². The second-order valence-corrected chi connectivity index (χ2v) is 8.37. The zero-order valence-electron chi connectivity index (χ0n) is 16.7. The molecule has 9 heteroatoms. The fourth-order valence-corrected chi connectivity index (χ4v) is 3.86. The van der Waals surface area contributed by atoms with E-state index < -0.39 is 36.0 Å². The Morgan fingerprint density at radius 1 is 1.16 bits per heavy atom. The van der Waals surface area contributed by atoms with Gasteiger partial charge < -0.3 is 15.1 Å². The third kappa shape index (κ3) is 3.86. The Balaban J connectivity index is 1.47. The number of hydrogen-bond acceptors (Lipinski definition) is 4. The zero-order chi connectivity index (χ0) is 22.3. The highest BCUT2D eigenvalue weighted by Gasteiger charge is 2.49. The molecular formula is C22H19Cl2N3O4. The topological polar surface area (TPSA) is 91.7 Å². The first-order chi connectivity index (χ1) is 14.7. The summed E-state index contributed by atoms with van der Waals surface area (Å²) in [5, 5.41) is 6.92. The molecule has 4 rings (SSSR count). The maximum Gasteiger partial charge on any atom is 0.325 e. The molecule has 1 aromatic heterocycles. The lowest BCUT2D eigenvalue weighted by Crippen LogP contribution is -2.43. The molecule has 1 saturated heterocycles. The highest BCUT2D eigenvalue weighted by molar-refractivity contribution is 6.42. The molecule has 3 aromatic rings. The smallest absolute Gasteiger partial charge is 0.325 e. The summed E-state index contributed by atoms with van der Waals surface area (Å²) in [6, 6.07) is 12.9. The van der Waals surface area contributed by atoms with Crippen LogP contribution in [-0.4, -0.2) is 29.3 Å². The van der Waals surface area contributed by atoms with Crippen LogP contribution in [0.3, 0.4) is 0 Å². The number of furan rings is 1. The highest BCUT2D eigenvalue weighted by Crippen LogP contribution is 2.33. The molecular weight excluding hydrogens is 441 g/mol. The fourth-order valence-electron chi connectivity index (χ4n) is 3.56. The van der Waals surface area contributed by atoms with Gasteiger partial charge in [-0.05, 0) is 43.7 Å². The molecule has 0 radical (unpaired) electrons. The number of nitrogens with zero attached hydrogens (tertiary/aromatic N) is 1. The summed E-state index contributed by atoms with van der Waals surface area (Å²) in [7, 11) is 0. The van der Waals surface area contributed by atoms with Crippen molar-refractivity contribution in [3.8, 4) is 0 Å². The van der Waals surface area contributed by atoms with Gasteiger partial charge in [-0.15, -0.1) is 0 Å². The molecule has 2 atom stereocenters. The Labute approximate surface area is 188 Å². The number of imide groups is 1. The van der Waals surface area contributed by atoms with Crippen LogP contribution in [0.25, 0.3) is 11.0 Å². The molecule has 0 saturated carbocycles. The van der Waals surface area contributed by atoms with Gasteiger partial charge in [0.05, 0.1) is 16.1 Å². The Bertz CT molecular complexity index is 1180. The van der Waals surface area contributed by atoms with Crippen LogP contribution in [0.5, 0.6) is 0 Å². The van der Waals surface area contributed by atoms with Gasteiger partial charge in [-0.2, -0.15) is 0 Å². The van der Waals surface area contributed by atoms with Crippen molar-refractivity contribution >= 4 is 52.0 Å². The van der Waals surface area contributed by atoms with E-state index in [1.807, 2.05) is 30.3 Å². The molecule has 2 aromatic carbocycles. The highest BCUT2D eigenvalue weighted by atomic mass is 35.5. The standard InChI is InChI=1S/C22H19Cl2N3O4/c1-12(18-9-13-5-3-4-6-17(13)31-18)25-19(28)11-27-20(29)22(2,26-21(27)30)14-7-8-15(23)16(24)10-14/h3-10,12H,11H2,1-2H3,(H,25,28)(H,26,30)/t12-,22+/m0/s1. The molecule has 1 fully saturated rings. The summed E-state index contributed by atoms with van der Waals surface area (Å²) < 4.78 is 5.76.